The Labute approximate surface area is 80.5 Å². The van der Waals surface area contributed by atoms with E-state index in [0.717, 1.165) is 6.54 Å². The van der Waals surface area contributed by atoms with E-state index in [1.54, 1.807) is 0 Å². The van der Waals surface area contributed by atoms with Crippen molar-refractivity contribution in [3.05, 3.63) is 0 Å². The minimum atomic E-state index is 0.0175. The molecule has 0 aliphatic carbocycles. The Bertz CT molecular complexity index is 154. The lowest BCUT2D eigenvalue weighted by atomic mass is 10.1. The average Bonchev–Trinajstić information content (AvgIpc) is 1.83. The highest BCUT2D eigenvalue weighted by Gasteiger charge is 2.18. The van der Waals surface area contributed by atoms with Gasteiger partial charge in [0.25, 0.3) is 0 Å². The lowest BCUT2D eigenvalue weighted by molar-refractivity contribution is 0.296. The van der Waals surface area contributed by atoms with E-state index < -0.39 is 0 Å². The van der Waals surface area contributed by atoms with Crippen molar-refractivity contribution < 1.29 is 0 Å². The number of hydrogen-bond donors (Lipinski definition) is 2. The van der Waals surface area contributed by atoms with Crippen LogP contribution >= 0.6 is 12.2 Å². The fourth-order valence-corrected chi connectivity index (χ4v) is 1.48. The molecule has 0 fully saturated rings. The topological polar surface area (TPSA) is 27.3 Å². The summed E-state index contributed by atoms with van der Waals surface area (Å²) >= 11 is 5.02. The summed E-state index contributed by atoms with van der Waals surface area (Å²) in [5, 5.41) is 6.81. The molecule has 0 aliphatic heterocycles. The molecule has 0 rings (SSSR count). The molecule has 0 atom stereocenters. The predicted molar refractivity (Wildman–Crippen MR) is 57.4 cm³/mol. The molecule has 0 saturated heterocycles. The molecular weight excluding hydrogens is 170 g/mol. The summed E-state index contributed by atoms with van der Waals surface area (Å²) in [5.41, 5.74) is 0.0175. The van der Waals surface area contributed by atoms with Crippen LogP contribution in [0.5, 0.6) is 0 Å². The first kappa shape index (κ1) is 11.6. The van der Waals surface area contributed by atoms with Gasteiger partial charge < -0.3 is 15.5 Å². The Hall–Kier alpha value is -0.350. The molecule has 0 saturated carbocycles. The molecule has 0 aliphatic rings. The number of likely N-dealkylation sites (N-methyl/N-ethyl adjacent to an activating group) is 1. The lowest BCUT2D eigenvalue weighted by Gasteiger charge is -2.30. The zero-order chi connectivity index (χ0) is 9.78. The molecule has 2 N–H and O–H groups in total. The maximum Gasteiger partial charge on any atom is 0.166 e. The lowest BCUT2D eigenvalue weighted by Crippen LogP contribution is -2.52. The summed E-state index contributed by atoms with van der Waals surface area (Å²) in [6, 6.07) is 0. The van der Waals surface area contributed by atoms with Crippen molar-refractivity contribution in [1.82, 2.24) is 15.5 Å². The summed E-state index contributed by atoms with van der Waals surface area (Å²) in [5.74, 6) is 0. The Kier molecular flexibility index (Phi) is 4.49. The van der Waals surface area contributed by atoms with Gasteiger partial charge in [0, 0.05) is 19.1 Å². The minimum absolute atomic E-state index is 0.0175. The van der Waals surface area contributed by atoms with E-state index in [-0.39, 0.29) is 5.54 Å². The van der Waals surface area contributed by atoms with E-state index in [1.807, 2.05) is 21.1 Å². The average molecular weight is 189 g/mol. The molecule has 0 radical (unpaired) electrons. The number of nitrogens with zero attached hydrogens (tertiary/aromatic N) is 1. The van der Waals surface area contributed by atoms with E-state index >= 15 is 0 Å². The summed E-state index contributed by atoms with van der Waals surface area (Å²) in [6.45, 7) is 5.20. The fourth-order valence-electron chi connectivity index (χ4n) is 1.20. The van der Waals surface area contributed by atoms with Crippen molar-refractivity contribution >= 4 is 17.3 Å². The quantitative estimate of drug-likeness (QED) is 0.629. The van der Waals surface area contributed by atoms with Crippen LogP contribution in [0.15, 0.2) is 0 Å². The van der Waals surface area contributed by atoms with Gasteiger partial charge in [-0.2, -0.15) is 0 Å². The van der Waals surface area contributed by atoms with Crippen LogP contribution in [0.4, 0.5) is 0 Å². The van der Waals surface area contributed by atoms with Gasteiger partial charge in [-0.15, -0.1) is 0 Å². The van der Waals surface area contributed by atoms with E-state index in [1.165, 1.54) is 0 Å². The highest BCUT2D eigenvalue weighted by Crippen LogP contribution is 2.02. The molecular formula is C8H19N3S. The normalized spacial score (nSPS) is 11.5. The van der Waals surface area contributed by atoms with Crippen LogP contribution in [0.3, 0.4) is 0 Å². The molecule has 0 bridgehead atoms. The molecule has 12 heavy (non-hydrogen) atoms. The molecule has 3 nitrogen and oxygen atoms in total. The fraction of sp³-hybridized carbons (Fsp3) is 0.875. The molecule has 4 heteroatoms. The SMILES string of the molecule is CNC(=S)NC(C)(C)CN(C)C. The summed E-state index contributed by atoms with van der Waals surface area (Å²) in [7, 11) is 5.92. The van der Waals surface area contributed by atoms with Crippen LogP contribution in [-0.2, 0) is 0 Å². The standard InChI is InChI=1S/C8H19N3S/c1-8(2,6-11(4)5)10-7(12)9-3/h6H2,1-5H3,(H2,9,10,12). The van der Waals surface area contributed by atoms with Gasteiger partial charge in [-0.05, 0) is 40.2 Å². The molecule has 0 spiro atoms. The number of nitrogens with one attached hydrogen (secondary N) is 2. The summed E-state index contributed by atoms with van der Waals surface area (Å²) in [6.07, 6.45) is 0. The van der Waals surface area contributed by atoms with Crippen molar-refractivity contribution in [1.29, 1.82) is 0 Å². The van der Waals surface area contributed by atoms with Gasteiger partial charge in [0.2, 0.25) is 0 Å². The summed E-state index contributed by atoms with van der Waals surface area (Å²) in [4.78, 5) is 2.13. The van der Waals surface area contributed by atoms with Crippen molar-refractivity contribution in [3.8, 4) is 0 Å². The highest BCUT2D eigenvalue weighted by molar-refractivity contribution is 7.80. The number of rotatable bonds is 3. The molecule has 72 valence electrons. The van der Waals surface area contributed by atoms with Crippen LogP contribution in [0.25, 0.3) is 0 Å². The van der Waals surface area contributed by atoms with Gasteiger partial charge in [0.1, 0.15) is 0 Å². The maximum absolute atomic E-state index is 5.02. The van der Waals surface area contributed by atoms with Crippen molar-refractivity contribution in [2.45, 2.75) is 19.4 Å². The van der Waals surface area contributed by atoms with Crippen LogP contribution in [-0.4, -0.2) is 43.2 Å². The van der Waals surface area contributed by atoms with Crippen molar-refractivity contribution in [3.63, 3.8) is 0 Å². The molecule has 0 aromatic heterocycles. The molecule has 0 aromatic rings. The minimum Gasteiger partial charge on any atom is -0.366 e. The Morgan fingerprint density at radius 3 is 2.25 bits per heavy atom. The first-order valence-electron chi connectivity index (χ1n) is 4.02. The Balaban J connectivity index is 3.94. The van der Waals surface area contributed by atoms with Gasteiger partial charge in [-0.3, -0.25) is 0 Å². The largest absolute Gasteiger partial charge is 0.366 e. The van der Waals surface area contributed by atoms with E-state index in [4.69, 9.17) is 12.2 Å². The van der Waals surface area contributed by atoms with Crippen molar-refractivity contribution in [2.75, 3.05) is 27.7 Å². The Morgan fingerprint density at radius 1 is 1.42 bits per heavy atom. The number of hydrogen-bond acceptors (Lipinski definition) is 2. The third-order valence-corrected chi connectivity index (χ3v) is 1.70. The van der Waals surface area contributed by atoms with Gasteiger partial charge in [-0.1, -0.05) is 0 Å². The third-order valence-electron chi connectivity index (χ3n) is 1.39. The predicted octanol–water partition coefficient (Wildman–Crippen LogP) is 0.420. The highest BCUT2D eigenvalue weighted by atomic mass is 32.1. The second-order valence-corrected chi connectivity index (χ2v) is 4.23. The molecule has 0 heterocycles. The van der Waals surface area contributed by atoms with E-state index in [2.05, 4.69) is 29.4 Å². The molecule has 0 amide bonds. The van der Waals surface area contributed by atoms with Crippen LogP contribution in [0.1, 0.15) is 13.8 Å². The van der Waals surface area contributed by atoms with Crippen LogP contribution < -0.4 is 10.6 Å². The Morgan fingerprint density at radius 2 is 1.92 bits per heavy atom. The first-order valence-corrected chi connectivity index (χ1v) is 4.43. The maximum atomic E-state index is 5.02. The van der Waals surface area contributed by atoms with Gasteiger partial charge in [0.05, 0.1) is 0 Å². The summed E-state index contributed by atoms with van der Waals surface area (Å²) < 4.78 is 0. The van der Waals surface area contributed by atoms with E-state index in [9.17, 15) is 0 Å². The zero-order valence-corrected chi connectivity index (χ0v) is 9.38. The first-order chi connectivity index (χ1) is 5.37. The van der Waals surface area contributed by atoms with Crippen LogP contribution in [0, 0.1) is 0 Å². The van der Waals surface area contributed by atoms with Crippen LogP contribution in [0.2, 0.25) is 0 Å². The third kappa shape index (κ3) is 5.32. The van der Waals surface area contributed by atoms with E-state index in [0.29, 0.717) is 5.11 Å². The molecule has 0 aromatic carbocycles. The van der Waals surface area contributed by atoms with Gasteiger partial charge in [0.15, 0.2) is 5.11 Å². The second kappa shape index (κ2) is 4.62. The zero-order valence-electron chi connectivity index (χ0n) is 8.56. The number of thiocarbonyl (C=S) groups is 1. The van der Waals surface area contributed by atoms with Crippen molar-refractivity contribution in [2.24, 2.45) is 0 Å². The molecule has 0 unspecified atom stereocenters. The van der Waals surface area contributed by atoms with Gasteiger partial charge in [-0.25, -0.2) is 0 Å². The van der Waals surface area contributed by atoms with Gasteiger partial charge >= 0.3 is 0 Å². The second-order valence-electron chi connectivity index (χ2n) is 3.83. The smallest absolute Gasteiger partial charge is 0.166 e. The monoisotopic (exact) mass is 189 g/mol.